The van der Waals surface area contributed by atoms with Crippen LogP contribution in [-0.4, -0.2) is 40.7 Å². The maximum absolute atomic E-state index is 13.0. The van der Waals surface area contributed by atoms with Gasteiger partial charge in [-0.2, -0.15) is 0 Å². The molecule has 0 bridgehead atoms. The molecule has 24 heavy (non-hydrogen) atoms. The lowest BCUT2D eigenvalue weighted by atomic mass is 10.0. The third-order valence-corrected chi connectivity index (χ3v) is 4.75. The molecule has 1 aliphatic heterocycles. The van der Waals surface area contributed by atoms with Crippen molar-refractivity contribution < 1.29 is 18.8 Å². The highest BCUT2D eigenvalue weighted by molar-refractivity contribution is 5.98. The van der Waals surface area contributed by atoms with Crippen molar-refractivity contribution in [3.05, 3.63) is 35.6 Å². The predicted molar refractivity (Wildman–Crippen MR) is 84.8 cm³/mol. The third kappa shape index (κ3) is 3.25. The van der Waals surface area contributed by atoms with Crippen LogP contribution in [0.5, 0.6) is 0 Å². The molecule has 1 aromatic carbocycles. The van der Waals surface area contributed by atoms with Gasteiger partial charge >= 0.3 is 6.03 Å². The number of Topliss-reactive ketones (excluding diaryl/α,β-unsaturated/α-hetero) is 1. The fourth-order valence-electron chi connectivity index (χ4n) is 3.31. The average molecular weight is 333 g/mol. The highest BCUT2D eigenvalue weighted by atomic mass is 19.1. The van der Waals surface area contributed by atoms with Gasteiger partial charge in [-0.1, -0.05) is 0 Å². The number of urea groups is 1. The third-order valence-electron chi connectivity index (χ3n) is 4.75. The van der Waals surface area contributed by atoms with Gasteiger partial charge in [-0.25, -0.2) is 9.18 Å². The molecule has 6 nitrogen and oxygen atoms in total. The summed E-state index contributed by atoms with van der Waals surface area (Å²) in [4.78, 5) is 37.9. The number of amides is 3. The molecule has 0 unspecified atom stereocenters. The second kappa shape index (κ2) is 6.22. The molecule has 1 aliphatic carbocycles. The van der Waals surface area contributed by atoms with E-state index < -0.39 is 17.4 Å². The number of nitrogens with one attached hydrogen (secondary N) is 1. The van der Waals surface area contributed by atoms with Gasteiger partial charge in [0.2, 0.25) is 5.91 Å². The van der Waals surface area contributed by atoms with Gasteiger partial charge in [-0.05, 0) is 49.9 Å². The first-order chi connectivity index (χ1) is 11.4. The summed E-state index contributed by atoms with van der Waals surface area (Å²) in [6, 6.07) is 4.51. The number of carbonyl (C=O) groups excluding carboxylic acids is 3. The summed E-state index contributed by atoms with van der Waals surface area (Å²) in [6.45, 7) is 0.572. The Morgan fingerprint density at radius 2 is 1.92 bits per heavy atom. The summed E-state index contributed by atoms with van der Waals surface area (Å²) in [7, 11) is 0. The molecule has 1 saturated carbocycles. The Kier molecular flexibility index (Phi) is 4.26. The molecule has 3 rings (SSSR count). The average Bonchev–Trinajstić information content (AvgIpc) is 3.16. The zero-order valence-corrected chi connectivity index (χ0v) is 13.3. The molecule has 3 amide bonds. The van der Waals surface area contributed by atoms with Crippen LogP contribution in [0.1, 0.15) is 42.5 Å². The second-order valence-electron chi connectivity index (χ2n) is 6.50. The largest absolute Gasteiger partial charge is 0.352 e. The predicted octanol–water partition coefficient (Wildman–Crippen LogP) is 1.59. The smallest absolute Gasteiger partial charge is 0.313 e. The van der Waals surface area contributed by atoms with E-state index in [9.17, 15) is 18.8 Å². The van der Waals surface area contributed by atoms with Crippen molar-refractivity contribution >= 4 is 17.7 Å². The number of ketones is 1. The molecular weight excluding hydrogens is 313 g/mol. The van der Waals surface area contributed by atoms with E-state index in [1.807, 2.05) is 0 Å². The molecule has 1 atom stereocenters. The molecule has 0 aromatic heterocycles. The van der Waals surface area contributed by atoms with Crippen LogP contribution < -0.4 is 11.1 Å². The van der Waals surface area contributed by atoms with Crippen molar-refractivity contribution in [2.75, 3.05) is 6.54 Å². The lowest BCUT2D eigenvalue weighted by Gasteiger charge is -2.28. The van der Waals surface area contributed by atoms with Crippen molar-refractivity contribution in [1.29, 1.82) is 0 Å². The zero-order valence-electron chi connectivity index (χ0n) is 13.3. The van der Waals surface area contributed by atoms with Crippen LogP contribution in [0.15, 0.2) is 24.3 Å². The molecule has 128 valence electrons. The van der Waals surface area contributed by atoms with Crippen LogP contribution in [0.4, 0.5) is 9.18 Å². The van der Waals surface area contributed by atoms with Gasteiger partial charge in [0.1, 0.15) is 11.4 Å². The summed E-state index contributed by atoms with van der Waals surface area (Å²) in [5.41, 5.74) is 4.71. The number of hydrogen-bond acceptors (Lipinski definition) is 3. The van der Waals surface area contributed by atoms with Gasteiger partial charge in [-0.3, -0.25) is 9.59 Å². The summed E-state index contributed by atoms with van der Waals surface area (Å²) >= 11 is 0. The second-order valence-corrected chi connectivity index (χ2v) is 6.50. The maximum atomic E-state index is 13.0. The van der Waals surface area contributed by atoms with Crippen molar-refractivity contribution in [1.82, 2.24) is 10.2 Å². The van der Waals surface area contributed by atoms with Crippen LogP contribution in [0.25, 0.3) is 0 Å². The normalized spacial score (nSPS) is 21.4. The Bertz CT molecular complexity index is 670. The van der Waals surface area contributed by atoms with E-state index >= 15 is 0 Å². The van der Waals surface area contributed by atoms with Crippen molar-refractivity contribution in [2.45, 2.75) is 43.7 Å². The molecule has 7 heteroatoms. The highest BCUT2D eigenvalue weighted by Crippen LogP contribution is 2.39. The van der Waals surface area contributed by atoms with Gasteiger partial charge in [0, 0.05) is 24.6 Å². The zero-order chi connectivity index (χ0) is 17.3. The lowest BCUT2D eigenvalue weighted by Crippen LogP contribution is -2.53. The van der Waals surface area contributed by atoms with E-state index in [0.29, 0.717) is 24.9 Å². The Labute approximate surface area is 139 Å². The molecule has 0 spiro atoms. The monoisotopic (exact) mass is 333 g/mol. The SMILES string of the molecule is NC(=O)NC1(C(=O)N2CCC[C@H]2CC(=O)c2ccc(F)cc2)CC1. The van der Waals surface area contributed by atoms with Gasteiger partial charge in [0.25, 0.3) is 0 Å². The van der Waals surface area contributed by atoms with Crippen LogP contribution in [0.2, 0.25) is 0 Å². The topological polar surface area (TPSA) is 92.5 Å². The number of nitrogens with zero attached hydrogens (tertiary/aromatic N) is 1. The van der Waals surface area contributed by atoms with E-state index in [-0.39, 0.29) is 24.2 Å². The Morgan fingerprint density at radius 3 is 2.50 bits per heavy atom. The van der Waals surface area contributed by atoms with Crippen LogP contribution in [0, 0.1) is 5.82 Å². The number of benzene rings is 1. The quantitative estimate of drug-likeness (QED) is 0.802. The standard InChI is InChI=1S/C17H20FN3O3/c18-12-5-3-11(4-6-12)14(22)10-13-2-1-9-21(13)15(23)17(7-8-17)20-16(19)24/h3-6,13H,1-2,7-10H2,(H3,19,20,24)/t13-/m0/s1. The van der Waals surface area contributed by atoms with Gasteiger partial charge in [0.05, 0.1) is 0 Å². The molecular formula is C17H20FN3O3. The first-order valence-corrected chi connectivity index (χ1v) is 8.09. The van der Waals surface area contributed by atoms with E-state index in [4.69, 9.17) is 5.73 Å². The maximum Gasteiger partial charge on any atom is 0.313 e. The Hall–Kier alpha value is -2.44. The van der Waals surface area contributed by atoms with Crippen LogP contribution in [0.3, 0.4) is 0 Å². The van der Waals surface area contributed by atoms with Gasteiger partial charge in [-0.15, -0.1) is 0 Å². The first-order valence-electron chi connectivity index (χ1n) is 8.09. The summed E-state index contributed by atoms with van der Waals surface area (Å²) in [6.07, 6.45) is 2.91. The minimum atomic E-state index is -0.882. The summed E-state index contributed by atoms with van der Waals surface area (Å²) < 4.78 is 13.0. The van der Waals surface area contributed by atoms with Crippen molar-refractivity contribution in [3.8, 4) is 0 Å². The molecule has 3 N–H and O–H groups in total. The molecule has 2 aliphatic rings. The van der Waals surface area contributed by atoms with E-state index in [1.165, 1.54) is 24.3 Å². The van der Waals surface area contributed by atoms with E-state index in [2.05, 4.69) is 5.32 Å². The first kappa shape index (κ1) is 16.4. The van der Waals surface area contributed by atoms with Crippen LogP contribution >= 0.6 is 0 Å². The number of halogens is 1. The molecule has 0 radical (unpaired) electrons. The van der Waals surface area contributed by atoms with Gasteiger partial charge in [0.15, 0.2) is 5.78 Å². The minimum absolute atomic E-state index is 0.118. The minimum Gasteiger partial charge on any atom is -0.352 e. The van der Waals surface area contributed by atoms with E-state index in [0.717, 1.165) is 12.8 Å². The number of hydrogen-bond donors (Lipinski definition) is 2. The fourth-order valence-corrected chi connectivity index (χ4v) is 3.31. The number of likely N-dealkylation sites (tertiary alicyclic amines) is 1. The molecule has 1 saturated heterocycles. The highest BCUT2D eigenvalue weighted by Gasteiger charge is 2.54. The number of nitrogens with two attached hydrogens (primary N) is 1. The summed E-state index contributed by atoms with van der Waals surface area (Å²) in [5, 5.41) is 2.54. The van der Waals surface area contributed by atoms with Crippen molar-refractivity contribution in [3.63, 3.8) is 0 Å². The molecule has 2 fully saturated rings. The molecule has 1 aromatic rings. The lowest BCUT2D eigenvalue weighted by molar-refractivity contribution is -0.135. The number of rotatable bonds is 5. The van der Waals surface area contributed by atoms with Crippen LogP contribution in [-0.2, 0) is 4.79 Å². The Balaban J connectivity index is 1.67. The fraction of sp³-hybridized carbons (Fsp3) is 0.471. The Morgan fingerprint density at radius 1 is 1.25 bits per heavy atom. The van der Waals surface area contributed by atoms with Crippen molar-refractivity contribution in [2.24, 2.45) is 5.73 Å². The molecule has 1 heterocycles. The number of primary amides is 1. The number of carbonyl (C=O) groups is 3. The van der Waals surface area contributed by atoms with E-state index in [1.54, 1.807) is 4.90 Å². The van der Waals surface area contributed by atoms with Gasteiger partial charge < -0.3 is 16.0 Å². The summed E-state index contributed by atoms with van der Waals surface area (Å²) in [5.74, 6) is -0.666.